The van der Waals surface area contributed by atoms with Crippen LogP contribution in [0, 0.1) is 5.41 Å². The molecule has 0 aliphatic carbocycles. The number of aromatic nitrogens is 2. The zero-order valence-corrected chi connectivity index (χ0v) is 15.9. The molecule has 1 aromatic carbocycles. The van der Waals surface area contributed by atoms with Crippen LogP contribution in [0.3, 0.4) is 0 Å². The van der Waals surface area contributed by atoms with Gasteiger partial charge in [-0.05, 0) is 49.3 Å². The lowest BCUT2D eigenvalue weighted by atomic mass is 9.73. The molecule has 2 amide bonds. The minimum absolute atomic E-state index is 0.0534. The second-order valence-electron chi connectivity index (χ2n) is 7.77. The number of nitrogens with zero attached hydrogens (tertiary/aromatic N) is 3. The molecule has 1 aromatic heterocycles. The van der Waals surface area contributed by atoms with Crippen LogP contribution in [0.25, 0.3) is 11.4 Å². The maximum atomic E-state index is 12.9. The van der Waals surface area contributed by atoms with E-state index in [-0.39, 0.29) is 17.2 Å². The first-order chi connectivity index (χ1) is 13.5. The van der Waals surface area contributed by atoms with Gasteiger partial charge in [-0.3, -0.25) is 9.59 Å². The summed E-state index contributed by atoms with van der Waals surface area (Å²) in [6.07, 6.45) is 6.08. The number of anilines is 1. The largest absolute Gasteiger partial charge is 0.384 e. The summed E-state index contributed by atoms with van der Waals surface area (Å²) in [5.41, 5.74) is 7.41. The van der Waals surface area contributed by atoms with Gasteiger partial charge in [-0.25, -0.2) is 9.97 Å². The normalized spacial score (nSPS) is 19.1. The molecule has 4 rings (SSSR count). The van der Waals surface area contributed by atoms with Crippen LogP contribution in [0.5, 0.6) is 0 Å². The summed E-state index contributed by atoms with van der Waals surface area (Å²) in [4.78, 5) is 34.9. The van der Waals surface area contributed by atoms with E-state index in [1.54, 1.807) is 12.3 Å². The van der Waals surface area contributed by atoms with Crippen molar-refractivity contribution in [1.29, 1.82) is 0 Å². The van der Waals surface area contributed by atoms with Crippen LogP contribution < -0.4 is 11.1 Å². The molecular weight excluding hydrogens is 354 g/mol. The third-order valence-electron chi connectivity index (χ3n) is 6.04. The monoisotopic (exact) mass is 379 g/mol. The fraction of sp³-hybridized carbons (Fsp3) is 0.429. The highest BCUT2D eigenvalue weighted by Crippen LogP contribution is 2.40. The van der Waals surface area contributed by atoms with Crippen molar-refractivity contribution in [2.24, 2.45) is 5.41 Å². The molecule has 28 heavy (non-hydrogen) atoms. The van der Waals surface area contributed by atoms with Crippen molar-refractivity contribution in [3.8, 4) is 11.4 Å². The molecule has 3 heterocycles. The molecule has 146 valence electrons. The van der Waals surface area contributed by atoms with Crippen molar-refractivity contribution in [2.45, 2.75) is 32.1 Å². The number of hydrogen-bond donors (Lipinski definition) is 2. The molecular formula is C21H25N5O2. The fourth-order valence-electron chi connectivity index (χ4n) is 4.20. The van der Waals surface area contributed by atoms with Gasteiger partial charge in [0.1, 0.15) is 5.82 Å². The van der Waals surface area contributed by atoms with Crippen LogP contribution in [0.1, 0.15) is 42.5 Å². The van der Waals surface area contributed by atoms with E-state index < -0.39 is 0 Å². The SMILES string of the molecule is Nc1ccnc(-c2ccc(C(=O)N3CCC4(CCNC(=O)CC4)CC3)cc2)n1. The van der Waals surface area contributed by atoms with E-state index in [4.69, 9.17) is 5.73 Å². The Kier molecular flexibility index (Phi) is 4.98. The van der Waals surface area contributed by atoms with Gasteiger partial charge >= 0.3 is 0 Å². The van der Waals surface area contributed by atoms with Gasteiger partial charge in [0.15, 0.2) is 5.82 Å². The number of carbonyl (C=O) groups is 2. The number of piperidine rings is 1. The third kappa shape index (κ3) is 3.83. The van der Waals surface area contributed by atoms with Crippen LogP contribution >= 0.6 is 0 Å². The maximum absolute atomic E-state index is 12.9. The number of rotatable bonds is 2. The number of amides is 2. The summed E-state index contributed by atoms with van der Waals surface area (Å²) in [7, 11) is 0. The Morgan fingerprint density at radius 3 is 2.54 bits per heavy atom. The Morgan fingerprint density at radius 1 is 1.07 bits per heavy atom. The second-order valence-corrected chi connectivity index (χ2v) is 7.77. The lowest BCUT2D eigenvalue weighted by molar-refractivity contribution is -0.121. The Morgan fingerprint density at radius 2 is 1.82 bits per heavy atom. The maximum Gasteiger partial charge on any atom is 0.253 e. The third-order valence-corrected chi connectivity index (χ3v) is 6.04. The summed E-state index contributed by atoms with van der Waals surface area (Å²) >= 11 is 0. The molecule has 0 saturated carbocycles. The van der Waals surface area contributed by atoms with Crippen LogP contribution in [-0.2, 0) is 4.79 Å². The van der Waals surface area contributed by atoms with E-state index in [1.165, 1.54) is 0 Å². The van der Waals surface area contributed by atoms with Crippen molar-refractivity contribution < 1.29 is 9.59 Å². The molecule has 0 bridgehead atoms. The summed E-state index contributed by atoms with van der Waals surface area (Å²) in [6.45, 7) is 2.24. The quantitative estimate of drug-likeness (QED) is 0.833. The van der Waals surface area contributed by atoms with Gasteiger partial charge in [0.25, 0.3) is 5.91 Å². The number of likely N-dealkylation sites (tertiary alicyclic amines) is 1. The lowest BCUT2D eigenvalue weighted by Gasteiger charge is -2.41. The number of carbonyl (C=O) groups excluding carboxylic acids is 2. The smallest absolute Gasteiger partial charge is 0.253 e. The number of hydrogen-bond acceptors (Lipinski definition) is 5. The first-order valence-electron chi connectivity index (χ1n) is 9.80. The van der Waals surface area contributed by atoms with Crippen molar-refractivity contribution in [3.05, 3.63) is 42.1 Å². The van der Waals surface area contributed by atoms with Crippen LogP contribution in [0.4, 0.5) is 5.82 Å². The van der Waals surface area contributed by atoms with E-state index >= 15 is 0 Å². The standard InChI is InChI=1S/C21H25N5O2/c22-17-6-11-24-19(25-17)15-1-3-16(4-2-15)20(28)26-13-9-21(10-14-26)7-5-18(27)23-12-8-21/h1-4,6,11H,5,7-10,12-14H2,(H,23,27)(H2,22,24,25). The van der Waals surface area contributed by atoms with E-state index in [0.717, 1.165) is 50.9 Å². The molecule has 7 nitrogen and oxygen atoms in total. The summed E-state index contributed by atoms with van der Waals surface area (Å²) < 4.78 is 0. The molecule has 7 heteroatoms. The van der Waals surface area contributed by atoms with Gasteiger partial charge < -0.3 is 16.0 Å². The Hall–Kier alpha value is -2.96. The Labute approximate surface area is 164 Å². The molecule has 2 saturated heterocycles. The highest BCUT2D eigenvalue weighted by Gasteiger charge is 2.37. The van der Waals surface area contributed by atoms with E-state index in [2.05, 4.69) is 15.3 Å². The van der Waals surface area contributed by atoms with Crippen LogP contribution in [0.15, 0.2) is 36.5 Å². The first-order valence-corrected chi connectivity index (χ1v) is 9.80. The molecule has 1 spiro atoms. The second kappa shape index (κ2) is 7.58. The predicted molar refractivity (Wildman–Crippen MR) is 106 cm³/mol. The van der Waals surface area contributed by atoms with E-state index in [9.17, 15) is 9.59 Å². The predicted octanol–water partition coefficient (Wildman–Crippen LogP) is 2.25. The van der Waals surface area contributed by atoms with Gasteiger partial charge in [0.2, 0.25) is 5.91 Å². The van der Waals surface area contributed by atoms with Gasteiger partial charge in [-0.2, -0.15) is 0 Å². The van der Waals surface area contributed by atoms with E-state index in [0.29, 0.717) is 23.6 Å². The average molecular weight is 379 g/mol. The number of nitrogens with two attached hydrogens (primary N) is 1. The highest BCUT2D eigenvalue weighted by molar-refractivity contribution is 5.94. The summed E-state index contributed by atoms with van der Waals surface area (Å²) in [6, 6.07) is 9.00. The molecule has 0 unspecified atom stereocenters. The molecule has 2 aliphatic rings. The summed E-state index contributed by atoms with van der Waals surface area (Å²) in [5, 5.41) is 2.96. The summed E-state index contributed by atoms with van der Waals surface area (Å²) in [5.74, 6) is 1.18. The Bertz CT molecular complexity index is 873. The van der Waals surface area contributed by atoms with Gasteiger partial charge in [0.05, 0.1) is 0 Å². The zero-order chi connectivity index (χ0) is 19.6. The fourth-order valence-corrected chi connectivity index (χ4v) is 4.20. The van der Waals surface area contributed by atoms with Crippen molar-refractivity contribution in [1.82, 2.24) is 20.2 Å². The molecule has 0 radical (unpaired) electrons. The molecule has 2 aromatic rings. The average Bonchev–Trinajstić information content (AvgIpc) is 2.90. The molecule has 0 atom stereocenters. The molecule has 2 fully saturated rings. The number of nitrogen functional groups attached to an aromatic ring is 1. The highest BCUT2D eigenvalue weighted by atomic mass is 16.2. The zero-order valence-electron chi connectivity index (χ0n) is 15.9. The number of benzene rings is 1. The van der Waals surface area contributed by atoms with E-state index in [1.807, 2.05) is 29.2 Å². The number of nitrogens with one attached hydrogen (secondary N) is 1. The van der Waals surface area contributed by atoms with Crippen LogP contribution in [0.2, 0.25) is 0 Å². The minimum Gasteiger partial charge on any atom is -0.384 e. The first kappa shape index (κ1) is 18.4. The van der Waals surface area contributed by atoms with Gasteiger partial charge in [0, 0.05) is 43.4 Å². The van der Waals surface area contributed by atoms with Crippen LogP contribution in [-0.4, -0.2) is 46.3 Å². The topological polar surface area (TPSA) is 101 Å². The molecule has 3 N–H and O–H groups in total. The van der Waals surface area contributed by atoms with Gasteiger partial charge in [-0.15, -0.1) is 0 Å². The molecule has 2 aliphatic heterocycles. The van der Waals surface area contributed by atoms with Crippen molar-refractivity contribution in [3.63, 3.8) is 0 Å². The minimum atomic E-state index is 0.0534. The Balaban J connectivity index is 1.41. The van der Waals surface area contributed by atoms with Crippen molar-refractivity contribution >= 4 is 17.6 Å². The lowest BCUT2D eigenvalue weighted by Crippen LogP contribution is -2.43. The van der Waals surface area contributed by atoms with Crippen molar-refractivity contribution in [2.75, 3.05) is 25.4 Å². The van der Waals surface area contributed by atoms with Gasteiger partial charge in [-0.1, -0.05) is 12.1 Å².